The van der Waals surface area contributed by atoms with E-state index in [1.54, 1.807) is 6.07 Å². The predicted octanol–water partition coefficient (Wildman–Crippen LogP) is 2.27. The smallest absolute Gasteiger partial charge is 0.319 e. The highest BCUT2D eigenvalue weighted by Gasteiger charge is 2.19. The predicted molar refractivity (Wildman–Crippen MR) is 62.9 cm³/mol. The Kier molecular flexibility index (Phi) is 3.22. The van der Waals surface area contributed by atoms with Crippen molar-refractivity contribution in [3.63, 3.8) is 0 Å². The number of hydrogen-bond acceptors (Lipinski definition) is 3. The minimum atomic E-state index is -0.491. The number of nitrogens with zero attached hydrogens (tertiary/aromatic N) is 1. The van der Waals surface area contributed by atoms with Crippen LogP contribution in [-0.4, -0.2) is 17.0 Å². The number of benzene rings is 1. The van der Waals surface area contributed by atoms with Gasteiger partial charge in [-0.2, -0.15) is 0 Å². The van der Waals surface area contributed by atoms with E-state index in [0.717, 1.165) is 19.3 Å². The summed E-state index contributed by atoms with van der Waals surface area (Å²) in [6.07, 6.45) is 3.15. The highest BCUT2D eigenvalue weighted by molar-refractivity contribution is 5.89. The third-order valence-electron chi connectivity index (χ3n) is 2.76. The molecule has 0 radical (unpaired) electrons. The van der Waals surface area contributed by atoms with Gasteiger partial charge >= 0.3 is 6.03 Å². The first-order valence-corrected chi connectivity index (χ1v) is 5.47. The number of urea groups is 1. The number of hydrogen-bond donors (Lipinski definition) is 2. The number of carbonyl (C=O) groups is 1. The summed E-state index contributed by atoms with van der Waals surface area (Å²) in [6.45, 7) is 0. The molecule has 0 aromatic heterocycles. The van der Waals surface area contributed by atoms with Gasteiger partial charge in [-0.3, -0.25) is 10.1 Å². The number of anilines is 1. The molecule has 0 unspecified atom stereocenters. The minimum Gasteiger partial charge on any atom is -0.335 e. The third kappa shape index (κ3) is 2.93. The number of carbonyl (C=O) groups excluding carboxylic acids is 1. The zero-order valence-electron chi connectivity index (χ0n) is 9.18. The van der Waals surface area contributed by atoms with Crippen LogP contribution in [0, 0.1) is 10.1 Å². The number of nitro groups is 1. The summed E-state index contributed by atoms with van der Waals surface area (Å²) in [5.74, 6) is 0. The van der Waals surface area contributed by atoms with Crippen LogP contribution in [0.4, 0.5) is 16.2 Å². The zero-order valence-corrected chi connectivity index (χ0v) is 9.18. The first kappa shape index (κ1) is 11.4. The van der Waals surface area contributed by atoms with Crippen LogP contribution in [0.3, 0.4) is 0 Å². The molecule has 2 rings (SSSR count). The fourth-order valence-electron chi connectivity index (χ4n) is 1.60. The van der Waals surface area contributed by atoms with E-state index in [2.05, 4.69) is 10.6 Å². The number of nitrogens with one attached hydrogen (secondary N) is 2. The molecule has 2 amide bonds. The third-order valence-corrected chi connectivity index (χ3v) is 2.76. The van der Waals surface area contributed by atoms with Crippen molar-refractivity contribution < 1.29 is 9.72 Å². The Morgan fingerprint density at radius 1 is 1.41 bits per heavy atom. The monoisotopic (exact) mass is 235 g/mol. The Bertz CT molecular complexity index is 443. The van der Waals surface area contributed by atoms with Crippen molar-refractivity contribution in [3.05, 3.63) is 34.4 Å². The van der Waals surface area contributed by atoms with Gasteiger partial charge in [0.1, 0.15) is 0 Å². The summed E-state index contributed by atoms with van der Waals surface area (Å²) in [7, 11) is 0. The molecule has 1 aromatic rings. The molecule has 90 valence electrons. The van der Waals surface area contributed by atoms with Gasteiger partial charge < -0.3 is 10.6 Å². The van der Waals surface area contributed by atoms with Crippen LogP contribution in [0.1, 0.15) is 19.3 Å². The van der Waals surface area contributed by atoms with E-state index in [1.165, 1.54) is 18.2 Å². The average molecular weight is 235 g/mol. The fourth-order valence-corrected chi connectivity index (χ4v) is 1.60. The lowest BCUT2D eigenvalue weighted by molar-refractivity contribution is -0.384. The largest absolute Gasteiger partial charge is 0.335 e. The molecule has 1 aromatic carbocycles. The van der Waals surface area contributed by atoms with Crippen molar-refractivity contribution in [1.82, 2.24) is 5.32 Å². The first-order valence-electron chi connectivity index (χ1n) is 5.47. The van der Waals surface area contributed by atoms with Crippen LogP contribution >= 0.6 is 0 Å². The fraction of sp³-hybridized carbons (Fsp3) is 0.364. The SMILES string of the molecule is O=C(Nc1cccc([N+](=O)[O-])c1)NC1CCC1. The molecule has 0 aliphatic heterocycles. The number of rotatable bonds is 3. The van der Waals surface area contributed by atoms with Crippen molar-refractivity contribution in [1.29, 1.82) is 0 Å². The summed E-state index contributed by atoms with van der Waals surface area (Å²) in [6, 6.07) is 5.81. The molecule has 1 fully saturated rings. The summed E-state index contributed by atoms with van der Waals surface area (Å²) in [5, 5.41) is 15.9. The van der Waals surface area contributed by atoms with E-state index in [-0.39, 0.29) is 17.8 Å². The van der Waals surface area contributed by atoms with Gasteiger partial charge in [-0.1, -0.05) is 6.07 Å². The van der Waals surface area contributed by atoms with Gasteiger partial charge in [0.25, 0.3) is 5.69 Å². The highest BCUT2D eigenvalue weighted by atomic mass is 16.6. The van der Waals surface area contributed by atoms with Crippen LogP contribution in [0.2, 0.25) is 0 Å². The van der Waals surface area contributed by atoms with Crippen molar-refractivity contribution >= 4 is 17.4 Å². The molecule has 2 N–H and O–H groups in total. The van der Waals surface area contributed by atoms with Gasteiger partial charge in [0, 0.05) is 23.9 Å². The molecule has 17 heavy (non-hydrogen) atoms. The van der Waals surface area contributed by atoms with Crippen LogP contribution in [-0.2, 0) is 0 Å². The molecule has 1 saturated carbocycles. The lowest BCUT2D eigenvalue weighted by Crippen LogP contribution is -2.41. The summed E-state index contributed by atoms with van der Waals surface area (Å²) in [4.78, 5) is 21.6. The second-order valence-corrected chi connectivity index (χ2v) is 4.03. The molecule has 1 aliphatic rings. The van der Waals surface area contributed by atoms with E-state index in [0.29, 0.717) is 5.69 Å². The van der Waals surface area contributed by atoms with Gasteiger partial charge in [0.2, 0.25) is 0 Å². The van der Waals surface area contributed by atoms with Crippen LogP contribution in [0.5, 0.6) is 0 Å². The number of amides is 2. The van der Waals surface area contributed by atoms with Crippen molar-refractivity contribution in [3.8, 4) is 0 Å². The maximum Gasteiger partial charge on any atom is 0.319 e. The van der Waals surface area contributed by atoms with Gasteiger partial charge in [-0.15, -0.1) is 0 Å². The van der Waals surface area contributed by atoms with Crippen LogP contribution < -0.4 is 10.6 Å². The maximum atomic E-state index is 11.5. The van der Waals surface area contributed by atoms with Gasteiger partial charge in [0.05, 0.1) is 4.92 Å². The second kappa shape index (κ2) is 4.82. The normalized spacial score (nSPS) is 14.8. The highest BCUT2D eigenvalue weighted by Crippen LogP contribution is 2.19. The minimum absolute atomic E-state index is 0.0357. The molecule has 1 aliphatic carbocycles. The topological polar surface area (TPSA) is 84.3 Å². The quantitative estimate of drug-likeness (QED) is 0.622. The standard InChI is InChI=1S/C11H13N3O3/c15-11(12-8-3-1-4-8)13-9-5-2-6-10(7-9)14(16)17/h2,5-8H,1,3-4H2,(H2,12,13,15). The summed E-state index contributed by atoms with van der Waals surface area (Å²) in [5.41, 5.74) is 0.391. The van der Waals surface area contributed by atoms with Crippen molar-refractivity contribution in [2.45, 2.75) is 25.3 Å². The Morgan fingerprint density at radius 3 is 2.76 bits per heavy atom. The molecule has 0 bridgehead atoms. The van der Waals surface area contributed by atoms with E-state index in [4.69, 9.17) is 0 Å². The van der Waals surface area contributed by atoms with Crippen LogP contribution in [0.25, 0.3) is 0 Å². The molecule has 0 saturated heterocycles. The molecule has 6 nitrogen and oxygen atoms in total. The van der Waals surface area contributed by atoms with Gasteiger partial charge in [-0.05, 0) is 25.3 Å². The maximum absolute atomic E-state index is 11.5. The van der Waals surface area contributed by atoms with E-state index in [9.17, 15) is 14.9 Å². The first-order chi connectivity index (χ1) is 8.15. The van der Waals surface area contributed by atoms with E-state index < -0.39 is 4.92 Å². The molecule has 0 atom stereocenters. The van der Waals surface area contributed by atoms with Crippen molar-refractivity contribution in [2.24, 2.45) is 0 Å². The Hall–Kier alpha value is -2.11. The van der Waals surface area contributed by atoms with Gasteiger partial charge in [0.15, 0.2) is 0 Å². The van der Waals surface area contributed by atoms with E-state index >= 15 is 0 Å². The number of nitro benzene ring substituents is 1. The van der Waals surface area contributed by atoms with E-state index in [1.807, 2.05) is 0 Å². The number of non-ortho nitro benzene ring substituents is 1. The molecular weight excluding hydrogens is 222 g/mol. The Balaban J connectivity index is 1.95. The Morgan fingerprint density at radius 2 is 2.18 bits per heavy atom. The molecule has 0 spiro atoms. The lowest BCUT2D eigenvalue weighted by Gasteiger charge is -2.26. The zero-order chi connectivity index (χ0) is 12.3. The van der Waals surface area contributed by atoms with Crippen molar-refractivity contribution in [2.75, 3.05) is 5.32 Å². The van der Waals surface area contributed by atoms with Crippen LogP contribution in [0.15, 0.2) is 24.3 Å². The lowest BCUT2D eigenvalue weighted by atomic mass is 9.93. The molecule has 0 heterocycles. The average Bonchev–Trinajstić information content (AvgIpc) is 2.24. The summed E-state index contributed by atoms with van der Waals surface area (Å²) >= 11 is 0. The summed E-state index contributed by atoms with van der Waals surface area (Å²) < 4.78 is 0. The molecular formula is C11H13N3O3. The second-order valence-electron chi connectivity index (χ2n) is 4.03. The van der Waals surface area contributed by atoms with Gasteiger partial charge in [-0.25, -0.2) is 4.79 Å². The Labute approximate surface area is 98.2 Å². The molecule has 6 heteroatoms.